The highest BCUT2D eigenvalue weighted by Crippen LogP contribution is 2.26. The monoisotopic (exact) mass is 316 g/mol. The molecular formula is C14H22BrFN2. The fraction of sp³-hybridized carbons (Fsp3) is 0.571. The topological polar surface area (TPSA) is 29.3 Å². The zero-order valence-electron chi connectivity index (χ0n) is 11.3. The van der Waals surface area contributed by atoms with Crippen molar-refractivity contribution in [3.63, 3.8) is 0 Å². The maximum absolute atomic E-state index is 14.0. The van der Waals surface area contributed by atoms with Gasteiger partial charge in [0.15, 0.2) is 0 Å². The van der Waals surface area contributed by atoms with Crippen LogP contribution < -0.4 is 5.73 Å². The molecule has 18 heavy (non-hydrogen) atoms. The van der Waals surface area contributed by atoms with Crippen molar-refractivity contribution < 1.29 is 4.39 Å². The van der Waals surface area contributed by atoms with Gasteiger partial charge in [-0.05, 0) is 38.9 Å². The van der Waals surface area contributed by atoms with Crippen molar-refractivity contribution in [2.24, 2.45) is 5.73 Å². The summed E-state index contributed by atoms with van der Waals surface area (Å²) in [7, 11) is 0. The largest absolute Gasteiger partial charge is 0.329 e. The lowest BCUT2D eigenvalue weighted by Gasteiger charge is -2.34. The van der Waals surface area contributed by atoms with Crippen LogP contribution in [0, 0.1) is 5.82 Å². The Kier molecular flexibility index (Phi) is 6.26. The molecule has 1 unspecified atom stereocenters. The first-order valence-electron chi connectivity index (χ1n) is 6.42. The second kappa shape index (κ2) is 7.22. The lowest BCUT2D eigenvalue weighted by molar-refractivity contribution is 0.154. The van der Waals surface area contributed by atoms with Crippen LogP contribution in [0.4, 0.5) is 4.39 Å². The Labute approximate surface area is 117 Å². The highest BCUT2D eigenvalue weighted by Gasteiger charge is 2.23. The number of hydrogen-bond donors (Lipinski definition) is 1. The molecule has 0 heterocycles. The zero-order valence-corrected chi connectivity index (χ0v) is 12.9. The van der Waals surface area contributed by atoms with Crippen LogP contribution in [0.1, 0.15) is 38.8 Å². The first-order valence-corrected chi connectivity index (χ1v) is 7.21. The molecule has 0 fully saturated rings. The second-order valence-electron chi connectivity index (χ2n) is 4.75. The number of benzene rings is 1. The van der Waals surface area contributed by atoms with E-state index in [2.05, 4.69) is 41.6 Å². The number of nitrogens with zero attached hydrogens (tertiary/aromatic N) is 1. The summed E-state index contributed by atoms with van der Waals surface area (Å²) in [5.41, 5.74) is 6.54. The molecule has 0 saturated carbocycles. The van der Waals surface area contributed by atoms with E-state index in [1.54, 1.807) is 0 Å². The maximum Gasteiger partial charge on any atom is 0.129 e. The van der Waals surface area contributed by atoms with Crippen LogP contribution in [0.3, 0.4) is 0 Å². The molecule has 0 amide bonds. The predicted molar refractivity (Wildman–Crippen MR) is 78.0 cm³/mol. The van der Waals surface area contributed by atoms with Crippen LogP contribution in [0.15, 0.2) is 22.7 Å². The van der Waals surface area contributed by atoms with Gasteiger partial charge in [-0.3, -0.25) is 4.90 Å². The molecule has 1 atom stereocenters. The first-order chi connectivity index (χ1) is 8.51. The van der Waals surface area contributed by atoms with Gasteiger partial charge in [0, 0.05) is 22.6 Å². The van der Waals surface area contributed by atoms with Gasteiger partial charge in [-0.25, -0.2) is 4.39 Å². The Morgan fingerprint density at radius 1 is 1.39 bits per heavy atom. The minimum atomic E-state index is -0.193. The first kappa shape index (κ1) is 15.6. The second-order valence-corrected chi connectivity index (χ2v) is 5.66. The summed E-state index contributed by atoms with van der Waals surface area (Å²) in [5, 5.41) is 0. The summed E-state index contributed by atoms with van der Waals surface area (Å²) in [6, 6.07) is 5.48. The third-order valence-corrected chi connectivity index (χ3v) is 3.58. The zero-order chi connectivity index (χ0) is 13.7. The van der Waals surface area contributed by atoms with Crippen molar-refractivity contribution in [1.82, 2.24) is 4.90 Å². The van der Waals surface area contributed by atoms with Gasteiger partial charge in [-0.1, -0.05) is 28.9 Å². The SMILES string of the molecule is CCCN(C(C)C)C(CN)c1ccc(Br)cc1F. The summed E-state index contributed by atoms with van der Waals surface area (Å²) in [4.78, 5) is 2.26. The molecule has 1 aromatic rings. The molecule has 1 rings (SSSR count). The molecule has 0 bridgehead atoms. The molecule has 0 aliphatic heterocycles. The van der Waals surface area contributed by atoms with Crippen LogP contribution in [-0.2, 0) is 0 Å². The predicted octanol–water partition coefficient (Wildman–Crippen LogP) is 3.71. The normalized spacial score (nSPS) is 13.3. The van der Waals surface area contributed by atoms with Crippen molar-refractivity contribution >= 4 is 15.9 Å². The smallest absolute Gasteiger partial charge is 0.129 e. The van der Waals surface area contributed by atoms with Gasteiger partial charge in [0.2, 0.25) is 0 Å². The van der Waals surface area contributed by atoms with Gasteiger partial charge >= 0.3 is 0 Å². The molecule has 0 aromatic heterocycles. The Morgan fingerprint density at radius 2 is 2.06 bits per heavy atom. The third kappa shape index (κ3) is 3.77. The van der Waals surface area contributed by atoms with E-state index in [0.717, 1.165) is 17.4 Å². The van der Waals surface area contributed by atoms with Gasteiger partial charge in [0.25, 0.3) is 0 Å². The van der Waals surface area contributed by atoms with E-state index in [1.807, 2.05) is 12.1 Å². The third-order valence-electron chi connectivity index (χ3n) is 3.09. The van der Waals surface area contributed by atoms with Crippen LogP contribution in [0.2, 0.25) is 0 Å². The molecule has 0 saturated heterocycles. The molecule has 0 aliphatic carbocycles. The van der Waals surface area contributed by atoms with E-state index in [0.29, 0.717) is 18.2 Å². The van der Waals surface area contributed by atoms with Crippen molar-refractivity contribution in [2.75, 3.05) is 13.1 Å². The highest BCUT2D eigenvalue weighted by molar-refractivity contribution is 9.10. The Balaban J connectivity index is 3.06. The van der Waals surface area contributed by atoms with E-state index in [9.17, 15) is 4.39 Å². The highest BCUT2D eigenvalue weighted by atomic mass is 79.9. The van der Waals surface area contributed by atoms with Gasteiger partial charge in [0.05, 0.1) is 6.04 Å². The van der Waals surface area contributed by atoms with Gasteiger partial charge < -0.3 is 5.73 Å². The van der Waals surface area contributed by atoms with E-state index in [-0.39, 0.29) is 11.9 Å². The van der Waals surface area contributed by atoms with Crippen LogP contribution in [0.25, 0.3) is 0 Å². The molecule has 0 aliphatic rings. The minimum absolute atomic E-state index is 0.0574. The number of halogens is 2. The lowest BCUT2D eigenvalue weighted by Crippen LogP contribution is -2.39. The number of hydrogen-bond acceptors (Lipinski definition) is 2. The van der Waals surface area contributed by atoms with E-state index in [4.69, 9.17) is 5.73 Å². The average Bonchev–Trinajstić information content (AvgIpc) is 2.31. The molecule has 2 nitrogen and oxygen atoms in total. The van der Waals surface area contributed by atoms with E-state index in [1.165, 1.54) is 6.07 Å². The van der Waals surface area contributed by atoms with Crippen LogP contribution in [-0.4, -0.2) is 24.0 Å². The van der Waals surface area contributed by atoms with Gasteiger partial charge in [-0.2, -0.15) is 0 Å². The summed E-state index contributed by atoms with van der Waals surface area (Å²) in [6.45, 7) is 7.72. The molecular weight excluding hydrogens is 295 g/mol. The maximum atomic E-state index is 14.0. The number of nitrogens with two attached hydrogens (primary N) is 1. The molecule has 2 N–H and O–H groups in total. The van der Waals surface area contributed by atoms with E-state index < -0.39 is 0 Å². The molecule has 4 heteroatoms. The quantitative estimate of drug-likeness (QED) is 0.867. The van der Waals surface area contributed by atoms with Gasteiger partial charge in [-0.15, -0.1) is 0 Å². The van der Waals surface area contributed by atoms with Gasteiger partial charge in [0.1, 0.15) is 5.82 Å². The molecule has 1 aromatic carbocycles. The van der Waals surface area contributed by atoms with Crippen molar-refractivity contribution in [1.29, 1.82) is 0 Å². The minimum Gasteiger partial charge on any atom is -0.329 e. The fourth-order valence-electron chi connectivity index (χ4n) is 2.24. The molecule has 0 radical (unpaired) electrons. The fourth-order valence-corrected chi connectivity index (χ4v) is 2.58. The van der Waals surface area contributed by atoms with E-state index >= 15 is 0 Å². The summed E-state index contributed by atoms with van der Waals surface area (Å²) in [6.07, 6.45) is 1.03. The average molecular weight is 317 g/mol. The lowest BCUT2D eigenvalue weighted by atomic mass is 10.0. The Bertz CT molecular complexity index is 382. The standard InChI is InChI=1S/C14H22BrFN2/c1-4-7-18(10(2)3)14(9-17)12-6-5-11(15)8-13(12)16/h5-6,8,10,14H,4,7,9,17H2,1-3H3. The summed E-state index contributed by atoms with van der Waals surface area (Å²) in [5.74, 6) is -0.193. The van der Waals surface area contributed by atoms with Crippen molar-refractivity contribution in [3.8, 4) is 0 Å². The Morgan fingerprint density at radius 3 is 2.50 bits per heavy atom. The molecule has 0 spiro atoms. The Hall–Kier alpha value is -0.450. The van der Waals surface area contributed by atoms with Crippen LogP contribution in [0.5, 0.6) is 0 Å². The summed E-state index contributed by atoms with van der Waals surface area (Å²) < 4.78 is 14.8. The van der Waals surface area contributed by atoms with Crippen molar-refractivity contribution in [3.05, 3.63) is 34.1 Å². The number of rotatable bonds is 6. The summed E-state index contributed by atoms with van der Waals surface area (Å²) >= 11 is 3.28. The van der Waals surface area contributed by atoms with Crippen molar-refractivity contribution in [2.45, 2.75) is 39.3 Å². The molecule has 102 valence electrons. The van der Waals surface area contributed by atoms with Crippen LogP contribution >= 0.6 is 15.9 Å².